The van der Waals surface area contributed by atoms with E-state index in [4.69, 9.17) is 4.74 Å². The van der Waals surface area contributed by atoms with Crippen molar-refractivity contribution in [3.8, 4) is 0 Å². The fourth-order valence-corrected chi connectivity index (χ4v) is 2.69. The van der Waals surface area contributed by atoms with E-state index in [0.717, 1.165) is 5.56 Å². The molecule has 0 saturated carbocycles. The summed E-state index contributed by atoms with van der Waals surface area (Å²) in [4.78, 5) is 24.4. The van der Waals surface area contributed by atoms with Gasteiger partial charge in [0.25, 0.3) is 5.91 Å². The van der Waals surface area contributed by atoms with Crippen LogP contribution in [0.1, 0.15) is 58.6 Å². The maximum absolute atomic E-state index is 12.9. The number of ether oxygens (including phenoxy) is 1. The zero-order valence-electron chi connectivity index (χ0n) is 17.0. The van der Waals surface area contributed by atoms with Crippen LogP contribution in [0.25, 0.3) is 0 Å². The van der Waals surface area contributed by atoms with Gasteiger partial charge in [0.15, 0.2) is 6.10 Å². The molecule has 2 unspecified atom stereocenters. The lowest BCUT2D eigenvalue weighted by atomic mass is 10.0. The smallest absolute Gasteiger partial charge is 0.407 e. The monoisotopic (exact) mass is 418 g/mol. The van der Waals surface area contributed by atoms with E-state index in [-0.39, 0.29) is 0 Å². The van der Waals surface area contributed by atoms with Crippen molar-refractivity contribution in [2.75, 3.05) is 0 Å². The number of alkyl halides is 3. The third-order valence-corrected chi connectivity index (χ3v) is 3.90. The molecule has 0 aliphatic rings. The molecular formula is C20H29F3N2O4. The number of benzene rings is 1. The number of alkyl carbamates (subject to hydrolysis) is 1. The number of rotatable bonds is 8. The number of hydrogen-bond donors (Lipinski definition) is 3. The molecule has 0 aliphatic heterocycles. The van der Waals surface area contributed by atoms with E-state index >= 15 is 0 Å². The number of hydrogen-bond acceptors (Lipinski definition) is 4. The Morgan fingerprint density at radius 3 is 2.17 bits per heavy atom. The predicted molar refractivity (Wildman–Crippen MR) is 102 cm³/mol. The summed E-state index contributed by atoms with van der Waals surface area (Å²) in [5.74, 6) is -1.00. The summed E-state index contributed by atoms with van der Waals surface area (Å²) >= 11 is 0. The minimum Gasteiger partial charge on any atom is -0.444 e. The molecule has 3 N–H and O–H groups in total. The van der Waals surface area contributed by atoms with Crippen molar-refractivity contribution in [3.63, 3.8) is 0 Å². The van der Waals surface area contributed by atoms with Gasteiger partial charge in [-0.25, -0.2) is 4.79 Å². The summed E-state index contributed by atoms with van der Waals surface area (Å²) in [6, 6.07) is 6.54. The molecule has 1 aromatic rings. The molecule has 0 aliphatic carbocycles. The van der Waals surface area contributed by atoms with Crippen LogP contribution in [0.2, 0.25) is 0 Å². The van der Waals surface area contributed by atoms with E-state index in [2.05, 4.69) is 5.32 Å². The molecule has 0 saturated heterocycles. The largest absolute Gasteiger partial charge is 0.444 e. The highest BCUT2D eigenvalue weighted by Gasteiger charge is 2.39. The molecule has 0 aromatic heterocycles. The summed E-state index contributed by atoms with van der Waals surface area (Å²) in [6.45, 7) is 6.53. The molecule has 2 amide bonds. The van der Waals surface area contributed by atoms with Crippen LogP contribution in [0.5, 0.6) is 0 Å². The minimum atomic E-state index is -4.71. The first kappa shape index (κ1) is 24.7. The molecule has 3 atom stereocenters. The van der Waals surface area contributed by atoms with Gasteiger partial charge in [-0.2, -0.15) is 13.2 Å². The predicted octanol–water partition coefficient (Wildman–Crippen LogP) is 3.85. The van der Waals surface area contributed by atoms with Crippen molar-refractivity contribution >= 4 is 12.0 Å². The Kier molecular flexibility index (Phi) is 8.94. The van der Waals surface area contributed by atoms with Gasteiger partial charge in [-0.15, -0.1) is 0 Å². The zero-order valence-corrected chi connectivity index (χ0v) is 17.0. The second-order valence-corrected chi connectivity index (χ2v) is 7.78. The van der Waals surface area contributed by atoms with Crippen LogP contribution in [0.15, 0.2) is 30.3 Å². The molecule has 1 aromatic carbocycles. The molecule has 0 radical (unpaired) electrons. The first-order valence-corrected chi connectivity index (χ1v) is 9.42. The number of carbonyl (C=O) groups excluding carboxylic acids is 2. The number of nitrogens with one attached hydrogen (secondary N) is 2. The third-order valence-electron chi connectivity index (χ3n) is 3.90. The summed E-state index contributed by atoms with van der Waals surface area (Å²) in [6.07, 6.45) is -8.29. The maximum atomic E-state index is 12.9. The van der Waals surface area contributed by atoms with Gasteiger partial charge in [0.1, 0.15) is 5.60 Å². The first-order chi connectivity index (χ1) is 13.3. The van der Waals surface area contributed by atoms with Gasteiger partial charge in [0.2, 0.25) is 0 Å². The molecule has 6 nitrogen and oxygen atoms in total. The number of amides is 2. The summed E-state index contributed by atoms with van der Waals surface area (Å²) in [5, 5.41) is 14.8. The molecule has 0 fully saturated rings. The van der Waals surface area contributed by atoms with Crippen LogP contribution in [-0.4, -0.2) is 41.0 Å². The normalized spacial score (nSPS) is 15.2. The lowest BCUT2D eigenvalue weighted by Gasteiger charge is -2.28. The number of aliphatic hydroxyl groups is 1. The van der Waals surface area contributed by atoms with Crippen molar-refractivity contribution < 1.29 is 32.6 Å². The first-order valence-electron chi connectivity index (χ1n) is 9.42. The van der Waals surface area contributed by atoms with Crippen molar-refractivity contribution in [3.05, 3.63) is 35.9 Å². The highest BCUT2D eigenvalue weighted by atomic mass is 19.4. The van der Waals surface area contributed by atoms with Crippen LogP contribution in [0.3, 0.4) is 0 Å². The third kappa shape index (κ3) is 9.65. The molecule has 0 heterocycles. The van der Waals surface area contributed by atoms with Crippen LogP contribution in [-0.2, 0) is 9.53 Å². The van der Waals surface area contributed by atoms with E-state index < -0.39 is 48.4 Å². The van der Waals surface area contributed by atoms with Crippen molar-refractivity contribution in [2.24, 2.45) is 0 Å². The Labute approximate surface area is 168 Å². The highest BCUT2D eigenvalue weighted by Crippen LogP contribution is 2.24. The second kappa shape index (κ2) is 10.5. The Morgan fingerprint density at radius 1 is 1.10 bits per heavy atom. The standard InChI is InChI=1S/C20H29F3N2O4/c1-5-9-14(13-10-7-6-8-11-13)24-17(27)16(26)15(12-20(21,22)23)25-18(28)29-19(2,3)4/h6-8,10-11,14-16,26H,5,9,12H2,1-4H3,(H,24,27)(H,25,28)/t14-,15?,16?/m1/s1. The topological polar surface area (TPSA) is 87.7 Å². The van der Waals surface area contributed by atoms with Crippen molar-refractivity contribution in [1.82, 2.24) is 10.6 Å². The molecule has 29 heavy (non-hydrogen) atoms. The van der Waals surface area contributed by atoms with E-state index in [1.165, 1.54) is 0 Å². The number of carbonyl (C=O) groups is 2. The number of aliphatic hydroxyl groups excluding tert-OH is 1. The Bertz CT molecular complexity index is 660. The van der Waals surface area contributed by atoms with E-state index in [1.54, 1.807) is 51.1 Å². The fraction of sp³-hybridized carbons (Fsp3) is 0.600. The van der Waals surface area contributed by atoms with Crippen LogP contribution in [0.4, 0.5) is 18.0 Å². The number of halogens is 3. The van der Waals surface area contributed by atoms with E-state index in [9.17, 15) is 27.9 Å². The lowest BCUT2D eigenvalue weighted by molar-refractivity contribution is -0.151. The van der Waals surface area contributed by atoms with Gasteiger partial charge in [-0.1, -0.05) is 43.7 Å². The van der Waals surface area contributed by atoms with Gasteiger partial charge in [0.05, 0.1) is 18.5 Å². The van der Waals surface area contributed by atoms with Crippen LogP contribution < -0.4 is 10.6 Å². The summed E-state index contributed by atoms with van der Waals surface area (Å²) < 4.78 is 43.7. The average molecular weight is 418 g/mol. The van der Waals surface area contributed by atoms with Gasteiger partial charge in [-0.3, -0.25) is 4.79 Å². The van der Waals surface area contributed by atoms with Gasteiger partial charge >= 0.3 is 12.3 Å². The van der Waals surface area contributed by atoms with Gasteiger partial charge in [-0.05, 0) is 32.8 Å². The Hall–Kier alpha value is -2.29. The van der Waals surface area contributed by atoms with Crippen LogP contribution in [0, 0.1) is 0 Å². The fourth-order valence-electron chi connectivity index (χ4n) is 2.69. The van der Waals surface area contributed by atoms with E-state index in [1.807, 2.05) is 12.2 Å². The summed E-state index contributed by atoms with van der Waals surface area (Å²) in [7, 11) is 0. The van der Waals surface area contributed by atoms with E-state index in [0.29, 0.717) is 12.8 Å². The lowest BCUT2D eigenvalue weighted by Crippen LogP contribution is -2.53. The SMILES string of the molecule is CCC[C@@H](NC(=O)C(O)C(CC(F)(F)F)NC(=O)OC(C)(C)C)c1ccccc1. The molecule has 9 heteroatoms. The van der Waals surface area contributed by atoms with Crippen molar-refractivity contribution in [1.29, 1.82) is 0 Å². The van der Waals surface area contributed by atoms with Gasteiger partial charge in [0, 0.05) is 0 Å². The van der Waals surface area contributed by atoms with Crippen LogP contribution >= 0.6 is 0 Å². The second-order valence-electron chi connectivity index (χ2n) is 7.78. The zero-order chi connectivity index (χ0) is 22.2. The molecular weight excluding hydrogens is 389 g/mol. The van der Waals surface area contributed by atoms with Gasteiger partial charge < -0.3 is 20.5 Å². The molecule has 164 valence electrons. The Morgan fingerprint density at radius 2 is 1.69 bits per heavy atom. The quantitative estimate of drug-likeness (QED) is 0.598. The highest BCUT2D eigenvalue weighted by molar-refractivity contribution is 5.82. The molecule has 1 rings (SSSR count). The summed E-state index contributed by atoms with van der Waals surface area (Å²) in [5.41, 5.74) is -0.179. The maximum Gasteiger partial charge on any atom is 0.407 e. The minimum absolute atomic E-state index is 0.476. The van der Waals surface area contributed by atoms with Crippen molar-refractivity contribution in [2.45, 2.75) is 76.9 Å². The average Bonchev–Trinajstić information content (AvgIpc) is 2.58. The molecule has 0 spiro atoms. The Balaban J connectivity index is 2.93. The molecule has 0 bridgehead atoms.